The van der Waals surface area contributed by atoms with Gasteiger partial charge in [-0.25, -0.2) is 4.79 Å². The lowest BCUT2D eigenvalue weighted by atomic mass is 9.84. The fourth-order valence-electron chi connectivity index (χ4n) is 3.54. The van der Waals surface area contributed by atoms with Gasteiger partial charge < -0.3 is 15.6 Å². The first-order valence-corrected chi connectivity index (χ1v) is 9.15. The molecule has 1 fully saturated rings. The molecule has 1 aromatic carbocycles. The van der Waals surface area contributed by atoms with Crippen LogP contribution in [0.2, 0.25) is 5.02 Å². The van der Waals surface area contributed by atoms with Crippen LogP contribution < -0.4 is 10.6 Å². The summed E-state index contributed by atoms with van der Waals surface area (Å²) < 4.78 is 0. The highest BCUT2D eigenvalue weighted by atomic mass is 35.5. The van der Waals surface area contributed by atoms with E-state index in [1.54, 1.807) is 0 Å². The van der Waals surface area contributed by atoms with Crippen LogP contribution in [0.1, 0.15) is 51.5 Å². The number of halogens is 1. The van der Waals surface area contributed by atoms with Crippen molar-refractivity contribution in [3.05, 3.63) is 35.0 Å². The van der Waals surface area contributed by atoms with Crippen LogP contribution in [0, 0.1) is 0 Å². The minimum absolute atomic E-state index is 0.0575. The van der Waals surface area contributed by atoms with Crippen LogP contribution in [0.15, 0.2) is 24.4 Å². The lowest BCUT2D eigenvalue weighted by molar-refractivity contribution is 0.230. The lowest BCUT2D eigenvalue weighted by Gasteiger charge is -2.27. The van der Waals surface area contributed by atoms with Gasteiger partial charge in [0.1, 0.15) is 0 Å². The van der Waals surface area contributed by atoms with Crippen LogP contribution in [-0.2, 0) is 5.41 Å². The van der Waals surface area contributed by atoms with Crippen molar-refractivity contribution < 1.29 is 4.79 Å². The number of rotatable bonds is 4. The van der Waals surface area contributed by atoms with Crippen LogP contribution in [0.25, 0.3) is 10.9 Å². The topological polar surface area (TPSA) is 56.9 Å². The van der Waals surface area contributed by atoms with Crippen LogP contribution in [-0.4, -0.2) is 23.6 Å². The molecule has 0 aliphatic heterocycles. The van der Waals surface area contributed by atoms with Gasteiger partial charge in [-0.15, -0.1) is 0 Å². The van der Waals surface area contributed by atoms with E-state index in [-0.39, 0.29) is 11.4 Å². The Morgan fingerprint density at radius 1 is 1.29 bits per heavy atom. The summed E-state index contributed by atoms with van der Waals surface area (Å²) in [6, 6.07) is 6.14. The van der Waals surface area contributed by atoms with Crippen molar-refractivity contribution >= 4 is 28.5 Å². The molecule has 4 nitrogen and oxygen atoms in total. The summed E-state index contributed by atoms with van der Waals surface area (Å²) in [5.41, 5.74) is 2.04. The van der Waals surface area contributed by atoms with Gasteiger partial charge in [0.05, 0.1) is 0 Å². The Bertz CT molecular complexity index is 716. The van der Waals surface area contributed by atoms with Gasteiger partial charge in [-0.05, 0) is 30.5 Å². The van der Waals surface area contributed by atoms with Gasteiger partial charge in [-0.3, -0.25) is 0 Å². The molecular formula is C19H26ClN3O. The largest absolute Gasteiger partial charge is 0.361 e. The Labute approximate surface area is 148 Å². The average molecular weight is 348 g/mol. The van der Waals surface area contributed by atoms with Gasteiger partial charge in [0, 0.05) is 40.1 Å². The number of aromatic nitrogens is 1. The molecule has 130 valence electrons. The monoisotopic (exact) mass is 347 g/mol. The van der Waals surface area contributed by atoms with Gasteiger partial charge in [-0.2, -0.15) is 0 Å². The maximum Gasteiger partial charge on any atom is 0.315 e. The molecule has 0 saturated heterocycles. The van der Waals surface area contributed by atoms with Crippen LogP contribution in [0.5, 0.6) is 0 Å². The van der Waals surface area contributed by atoms with Crippen LogP contribution in [0.3, 0.4) is 0 Å². The number of benzene rings is 1. The Kier molecular flexibility index (Phi) is 5.04. The van der Waals surface area contributed by atoms with Crippen molar-refractivity contribution in [2.75, 3.05) is 6.54 Å². The third-order valence-corrected chi connectivity index (χ3v) is 5.24. The van der Waals surface area contributed by atoms with E-state index in [0.29, 0.717) is 12.6 Å². The van der Waals surface area contributed by atoms with Crippen molar-refractivity contribution in [3.63, 3.8) is 0 Å². The van der Waals surface area contributed by atoms with Crippen LogP contribution >= 0.6 is 11.6 Å². The molecule has 1 heterocycles. The molecule has 2 aromatic rings. The first-order valence-electron chi connectivity index (χ1n) is 8.77. The zero-order valence-corrected chi connectivity index (χ0v) is 15.2. The Morgan fingerprint density at radius 2 is 2.04 bits per heavy atom. The van der Waals surface area contributed by atoms with Crippen molar-refractivity contribution in [1.29, 1.82) is 0 Å². The zero-order valence-electron chi connectivity index (χ0n) is 14.4. The summed E-state index contributed by atoms with van der Waals surface area (Å²) in [4.78, 5) is 15.5. The highest BCUT2D eigenvalue weighted by Gasteiger charge is 2.25. The molecule has 1 aromatic heterocycles. The first-order chi connectivity index (χ1) is 11.5. The number of carbonyl (C=O) groups is 1. The second kappa shape index (κ2) is 7.06. The summed E-state index contributed by atoms with van der Waals surface area (Å²) in [5, 5.41) is 8.02. The minimum atomic E-state index is -0.171. The van der Waals surface area contributed by atoms with Crippen molar-refractivity contribution in [2.45, 2.75) is 57.4 Å². The number of aromatic amines is 1. The number of H-pyrrole nitrogens is 1. The number of urea groups is 1. The van der Waals surface area contributed by atoms with E-state index in [4.69, 9.17) is 11.6 Å². The SMILES string of the molecule is CC(C)(CNC(=O)NC1CCCCC1)c1c[nH]c2cc(Cl)ccc12. The molecule has 5 heteroatoms. The maximum absolute atomic E-state index is 12.2. The molecule has 3 rings (SSSR count). The minimum Gasteiger partial charge on any atom is -0.361 e. The fourth-order valence-corrected chi connectivity index (χ4v) is 3.71. The van der Waals surface area contributed by atoms with E-state index in [2.05, 4.69) is 29.5 Å². The predicted molar refractivity (Wildman–Crippen MR) is 99.7 cm³/mol. The number of hydrogen-bond donors (Lipinski definition) is 3. The summed E-state index contributed by atoms with van der Waals surface area (Å²) >= 11 is 6.05. The van der Waals surface area contributed by atoms with E-state index >= 15 is 0 Å². The average Bonchev–Trinajstić information content (AvgIpc) is 2.98. The summed E-state index contributed by atoms with van der Waals surface area (Å²) in [6.45, 7) is 4.87. The fraction of sp³-hybridized carbons (Fsp3) is 0.526. The third kappa shape index (κ3) is 3.86. The quantitative estimate of drug-likeness (QED) is 0.735. The Morgan fingerprint density at radius 3 is 2.79 bits per heavy atom. The van der Waals surface area contributed by atoms with E-state index < -0.39 is 0 Å². The molecule has 0 radical (unpaired) electrons. The molecule has 0 unspecified atom stereocenters. The molecule has 2 amide bonds. The second-order valence-electron chi connectivity index (χ2n) is 7.44. The molecule has 1 aliphatic carbocycles. The molecule has 0 spiro atoms. The van der Waals surface area contributed by atoms with Crippen molar-refractivity contribution in [1.82, 2.24) is 15.6 Å². The smallest absolute Gasteiger partial charge is 0.315 e. The number of hydrogen-bond acceptors (Lipinski definition) is 1. The summed E-state index contributed by atoms with van der Waals surface area (Å²) in [6.07, 6.45) is 7.93. The second-order valence-corrected chi connectivity index (χ2v) is 7.87. The van der Waals surface area contributed by atoms with Gasteiger partial charge in [0.2, 0.25) is 0 Å². The van der Waals surface area contributed by atoms with Gasteiger partial charge in [0.15, 0.2) is 0 Å². The van der Waals surface area contributed by atoms with E-state index in [9.17, 15) is 4.79 Å². The zero-order chi connectivity index (χ0) is 17.2. The van der Waals surface area contributed by atoms with Gasteiger partial charge in [-0.1, -0.05) is 50.8 Å². The number of fused-ring (bicyclic) bond motifs is 1. The summed E-state index contributed by atoms with van der Waals surface area (Å²) in [7, 11) is 0. The molecule has 3 N–H and O–H groups in total. The lowest BCUT2D eigenvalue weighted by Crippen LogP contribution is -2.46. The van der Waals surface area contributed by atoms with Gasteiger partial charge in [0.25, 0.3) is 0 Å². The van der Waals surface area contributed by atoms with E-state index in [1.165, 1.54) is 24.8 Å². The first kappa shape index (κ1) is 17.2. The van der Waals surface area contributed by atoms with Crippen LogP contribution in [0.4, 0.5) is 4.79 Å². The third-order valence-electron chi connectivity index (χ3n) is 5.00. The molecule has 0 atom stereocenters. The Balaban J connectivity index is 1.63. The molecular weight excluding hydrogens is 322 g/mol. The molecule has 1 aliphatic rings. The normalized spacial score (nSPS) is 16.3. The summed E-state index contributed by atoms with van der Waals surface area (Å²) in [5.74, 6) is 0. The maximum atomic E-state index is 12.2. The van der Waals surface area contributed by atoms with E-state index in [0.717, 1.165) is 28.8 Å². The Hall–Kier alpha value is -1.68. The van der Waals surface area contributed by atoms with Crippen molar-refractivity contribution in [2.24, 2.45) is 0 Å². The standard InChI is InChI=1S/C19H26ClN3O/c1-19(2,12-22-18(24)23-14-6-4-3-5-7-14)16-11-21-17-10-13(20)8-9-15(16)17/h8-11,14,21H,3-7,12H2,1-2H3,(H2,22,23,24). The van der Waals surface area contributed by atoms with Crippen molar-refractivity contribution in [3.8, 4) is 0 Å². The predicted octanol–water partition coefficient (Wildman–Crippen LogP) is 4.73. The molecule has 1 saturated carbocycles. The number of nitrogens with one attached hydrogen (secondary N) is 3. The highest BCUT2D eigenvalue weighted by Crippen LogP contribution is 2.31. The number of amides is 2. The number of carbonyl (C=O) groups excluding carboxylic acids is 1. The van der Waals surface area contributed by atoms with E-state index in [1.807, 2.05) is 24.4 Å². The molecule has 0 bridgehead atoms. The van der Waals surface area contributed by atoms with Gasteiger partial charge >= 0.3 is 6.03 Å². The molecule has 24 heavy (non-hydrogen) atoms. The highest BCUT2D eigenvalue weighted by molar-refractivity contribution is 6.31.